The SMILES string of the molecule is C=C(C)C(=O)OCCCCCCOC(=O)c1ccc(O)c(C)c1. The van der Waals surface area contributed by atoms with Crippen LogP contribution >= 0.6 is 0 Å². The number of phenolic OH excluding ortho intramolecular Hbond substituents is 1. The summed E-state index contributed by atoms with van der Waals surface area (Å²) in [6.45, 7) is 7.59. The molecule has 1 aromatic rings. The van der Waals surface area contributed by atoms with E-state index in [-0.39, 0.29) is 17.7 Å². The minimum atomic E-state index is -0.386. The van der Waals surface area contributed by atoms with Crippen LogP contribution in [0.25, 0.3) is 0 Å². The summed E-state index contributed by atoms with van der Waals surface area (Å²) in [7, 11) is 0. The Bertz CT molecular complexity index is 563. The normalized spacial score (nSPS) is 10.2. The zero-order valence-corrected chi connectivity index (χ0v) is 13.8. The highest BCUT2D eigenvalue weighted by Gasteiger charge is 2.08. The molecule has 0 aliphatic carbocycles. The molecule has 1 N–H and O–H groups in total. The van der Waals surface area contributed by atoms with Crippen molar-refractivity contribution >= 4 is 11.9 Å². The Balaban J connectivity index is 2.10. The molecule has 0 spiro atoms. The van der Waals surface area contributed by atoms with Crippen molar-refractivity contribution < 1.29 is 24.2 Å². The number of unbranched alkanes of at least 4 members (excludes halogenated alkanes) is 3. The largest absolute Gasteiger partial charge is 0.508 e. The van der Waals surface area contributed by atoms with E-state index < -0.39 is 0 Å². The molecule has 126 valence electrons. The summed E-state index contributed by atoms with van der Waals surface area (Å²) in [4.78, 5) is 23.0. The van der Waals surface area contributed by atoms with E-state index >= 15 is 0 Å². The maximum atomic E-state index is 11.8. The topological polar surface area (TPSA) is 72.8 Å². The fourth-order valence-corrected chi connectivity index (χ4v) is 1.88. The lowest BCUT2D eigenvalue weighted by Crippen LogP contribution is -2.07. The molecule has 0 fully saturated rings. The van der Waals surface area contributed by atoms with E-state index in [4.69, 9.17) is 9.47 Å². The van der Waals surface area contributed by atoms with Crippen LogP contribution < -0.4 is 0 Å². The Morgan fingerprint density at radius 2 is 1.70 bits per heavy atom. The van der Waals surface area contributed by atoms with Gasteiger partial charge < -0.3 is 14.6 Å². The van der Waals surface area contributed by atoms with Gasteiger partial charge in [0.2, 0.25) is 0 Å². The summed E-state index contributed by atoms with van der Waals surface area (Å²) in [5, 5.41) is 9.42. The van der Waals surface area contributed by atoms with E-state index in [2.05, 4.69) is 6.58 Å². The van der Waals surface area contributed by atoms with E-state index in [1.165, 1.54) is 6.07 Å². The number of hydrogen-bond donors (Lipinski definition) is 1. The first-order valence-electron chi connectivity index (χ1n) is 7.71. The smallest absolute Gasteiger partial charge is 0.338 e. The number of esters is 2. The Hall–Kier alpha value is -2.30. The highest BCUT2D eigenvalue weighted by molar-refractivity contribution is 5.89. The lowest BCUT2D eigenvalue weighted by Gasteiger charge is -2.07. The van der Waals surface area contributed by atoms with Crippen molar-refractivity contribution in [1.29, 1.82) is 0 Å². The van der Waals surface area contributed by atoms with E-state index in [0.717, 1.165) is 25.7 Å². The monoisotopic (exact) mass is 320 g/mol. The maximum Gasteiger partial charge on any atom is 0.338 e. The first-order chi connectivity index (χ1) is 10.9. The van der Waals surface area contributed by atoms with Gasteiger partial charge >= 0.3 is 11.9 Å². The van der Waals surface area contributed by atoms with Crippen LogP contribution in [0.4, 0.5) is 0 Å². The van der Waals surface area contributed by atoms with Gasteiger partial charge in [0, 0.05) is 5.57 Å². The molecule has 1 aromatic carbocycles. The van der Waals surface area contributed by atoms with Crippen LogP contribution in [-0.4, -0.2) is 30.3 Å². The highest BCUT2D eigenvalue weighted by atomic mass is 16.5. The van der Waals surface area contributed by atoms with Crippen molar-refractivity contribution in [2.45, 2.75) is 39.5 Å². The maximum absolute atomic E-state index is 11.8. The summed E-state index contributed by atoms with van der Waals surface area (Å²) in [6.07, 6.45) is 3.34. The lowest BCUT2D eigenvalue weighted by molar-refractivity contribution is -0.139. The van der Waals surface area contributed by atoms with Crippen molar-refractivity contribution in [3.05, 3.63) is 41.5 Å². The molecule has 0 saturated heterocycles. The second kappa shape index (κ2) is 9.66. The Morgan fingerprint density at radius 3 is 2.26 bits per heavy atom. The average molecular weight is 320 g/mol. The molecule has 1 rings (SSSR count). The minimum Gasteiger partial charge on any atom is -0.508 e. The van der Waals surface area contributed by atoms with E-state index in [1.807, 2.05) is 0 Å². The third kappa shape index (κ3) is 7.00. The molecule has 0 bridgehead atoms. The number of aromatic hydroxyl groups is 1. The average Bonchev–Trinajstić information content (AvgIpc) is 2.51. The first kappa shape index (κ1) is 18.7. The second-order valence-corrected chi connectivity index (χ2v) is 5.47. The number of carbonyl (C=O) groups is 2. The Labute approximate surface area is 136 Å². The van der Waals surface area contributed by atoms with Crippen LogP contribution in [0.3, 0.4) is 0 Å². The highest BCUT2D eigenvalue weighted by Crippen LogP contribution is 2.17. The molecule has 0 amide bonds. The molecule has 0 radical (unpaired) electrons. The summed E-state index contributed by atoms with van der Waals surface area (Å²) in [5.74, 6) is -0.583. The predicted molar refractivity (Wildman–Crippen MR) is 87.4 cm³/mol. The molecule has 23 heavy (non-hydrogen) atoms. The van der Waals surface area contributed by atoms with Gasteiger partial charge in [0.25, 0.3) is 0 Å². The summed E-state index contributed by atoms with van der Waals surface area (Å²) in [6, 6.07) is 4.63. The molecule has 0 heterocycles. The van der Waals surface area contributed by atoms with Gasteiger partial charge in [0.15, 0.2) is 0 Å². The van der Waals surface area contributed by atoms with Gasteiger partial charge in [-0.15, -0.1) is 0 Å². The summed E-state index contributed by atoms with van der Waals surface area (Å²) in [5.41, 5.74) is 1.48. The number of aryl methyl sites for hydroxylation is 1. The Kier molecular flexibility index (Phi) is 7.88. The number of benzene rings is 1. The Morgan fingerprint density at radius 1 is 1.09 bits per heavy atom. The number of phenols is 1. The molecule has 0 saturated carbocycles. The standard InChI is InChI=1S/C18H24O5/c1-13(2)17(20)22-10-6-4-5-7-11-23-18(21)15-8-9-16(19)14(3)12-15/h8-9,12,19H,1,4-7,10-11H2,2-3H3. The molecule has 0 aliphatic rings. The molecule has 5 nitrogen and oxygen atoms in total. The van der Waals surface area contributed by atoms with Gasteiger partial charge in [-0.2, -0.15) is 0 Å². The third-order valence-corrected chi connectivity index (χ3v) is 3.29. The molecule has 0 aromatic heterocycles. The van der Waals surface area contributed by atoms with E-state index in [1.54, 1.807) is 26.0 Å². The molecule has 0 aliphatic heterocycles. The molecule has 5 heteroatoms. The summed E-state index contributed by atoms with van der Waals surface area (Å²) >= 11 is 0. The number of hydrogen-bond acceptors (Lipinski definition) is 5. The third-order valence-electron chi connectivity index (χ3n) is 3.29. The van der Waals surface area contributed by atoms with Crippen molar-refractivity contribution in [1.82, 2.24) is 0 Å². The lowest BCUT2D eigenvalue weighted by atomic mass is 10.1. The quantitative estimate of drug-likeness (QED) is 0.428. The van der Waals surface area contributed by atoms with Gasteiger partial charge in [0.05, 0.1) is 18.8 Å². The fraction of sp³-hybridized carbons (Fsp3) is 0.444. The van der Waals surface area contributed by atoms with Crippen LogP contribution in [0.5, 0.6) is 5.75 Å². The van der Waals surface area contributed by atoms with Gasteiger partial charge in [0.1, 0.15) is 5.75 Å². The van der Waals surface area contributed by atoms with Crippen LogP contribution in [-0.2, 0) is 14.3 Å². The van der Waals surface area contributed by atoms with Crippen molar-refractivity contribution in [3.8, 4) is 5.75 Å². The zero-order valence-electron chi connectivity index (χ0n) is 13.8. The summed E-state index contributed by atoms with van der Waals surface area (Å²) < 4.78 is 10.2. The van der Waals surface area contributed by atoms with Gasteiger partial charge in [-0.25, -0.2) is 9.59 Å². The molecule has 0 atom stereocenters. The molecular formula is C18H24O5. The van der Waals surface area contributed by atoms with Crippen LogP contribution in [0, 0.1) is 6.92 Å². The number of carbonyl (C=O) groups excluding carboxylic acids is 2. The predicted octanol–water partition coefficient (Wildman–Crippen LogP) is 3.54. The fourth-order valence-electron chi connectivity index (χ4n) is 1.88. The van der Waals surface area contributed by atoms with Crippen LogP contribution in [0.2, 0.25) is 0 Å². The molecule has 0 unspecified atom stereocenters. The minimum absolute atomic E-state index is 0.161. The number of ether oxygens (including phenoxy) is 2. The van der Waals surface area contributed by atoms with Gasteiger partial charge in [-0.05, 0) is 63.3 Å². The molecular weight excluding hydrogens is 296 g/mol. The van der Waals surface area contributed by atoms with Gasteiger partial charge in [-0.3, -0.25) is 0 Å². The van der Waals surface area contributed by atoms with Crippen molar-refractivity contribution in [2.75, 3.05) is 13.2 Å². The zero-order chi connectivity index (χ0) is 17.2. The van der Waals surface area contributed by atoms with Crippen LogP contribution in [0.15, 0.2) is 30.4 Å². The first-order valence-corrected chi connectivity index (χ1v) is 7.71. The van der Waals surface area contributed by atoms with Crippen LogP contribution in [0.1, 0.15) is 48.5 Å². The van der Waals surface area contributed by atoms with Crippen molar-refractivity contribution in [3.63, 3.8) is 0 Å². The van der Waals surface area contributed by atoms with E-state index in [0.29, 0.717) is 29.9 Å². The van der Waals surface area contributed by atoms with Crippen molar-refractivity contribution in [2.24, 2.45) is 0 Å². The van der Waals surface area contributed by atoms with Gasteiger partial charge in [-0.1, -0.05) is 6.58 Å². The number of rotatable bonds is 9. The second-order valence-electron chi connectivity index (χ2n) is 5.47. The van der Waals surface area contributed by atoms with E-state index in [9.17, 15) is 14.7 Å².